The summed E-state index contributed by atoms with van der Waals surface area (Å²) in [4.78, 5) is 28.1. The number of carbonyl (C=O) groups is 2. The Balaban J connectivity index is 1.93. The minimum atomic E-state index is -0.313. The van der Waals surface area contributed by atoms with Crippen molar-refractivity contribution in [3.63, 3.8) is 0 Å². The van der Waals surface area contributed by atoms with Gasteiger partial charge in [-0.15, -0.1) is 6.58 Å². The van der Waals surface area contributed by atoms with Gasteiger partial charge in [0.1, 0.15) is 5.75 Å². The van der Waals surface area contributed by atoms with Gasteiger partial charge in [-0.25, -0.2) is 0 Å². The van der Waals surface area contributed by atoms with E-state index in [0.717, 1.165) is 21.9 Å². The van der Waals surface area contributed by atoms with E-state index in [-0.39, 0.29) is 11.8 Å². The van der Waals surface area contributed by atoms with Crippen LogP contribution < -0.4 is 15.0 Å². The van der Waals surface area contributed by atoms with Crippen molar-refractivity contribution in [2.45, 2.75) is 11.4 Å². The van der Waals surface area contributed by atoms with Gasteiger partial charge in [0.2, 0.25) is 5.91 Å². The van der Waals surface area contributed by atoms with E-state index in [4.69, 9.17) is 4.74 Å². The quantitative estimate of drug-likeness (QED) is 0.615. The second kappa shape index (κ2) is 8.60. The molecule has 0 atom stereocenters. The Morgan fingerprint density at radius 3 is 2.85 bits per heavy atom. The minimum absolute atomic E-state index is 0.199. The van der Waals surface area contributed by atoms with Crippen molar-refractivity contribution in [2.24, 2.45) is 0 Å². The van der Waals surface area contributed by atoms with E-state index in [1.807, 2.05) is 48.5 Å². The average Bonchev–Trinajstić information content (AvgIpc) is 2.69. The summed E-state index contributed by atoms with van der Waals surface area (Å²) < 4.78 is 5.27. The summed E-state index contributed by atoms with van der Waals surface area (Å²) >= 11 is 1.31. The fraction of sp³-hybridized carbons (Fsp3) is 0.143. The van der Waals surface area contributed by atoms with Crippen molar-refractivity contribution < 1.29 is 14.3 Å². The van der Waals surface area contributed by atoms with Crippen LogP contribution in [-0.4, -0.2) is 25.5 Å². The summed E-state index contributed by atoms with van der Waals surface area (Å²) in [6.07, 6.45) is 2.95. The Bertz CT molecular complexity index is 908. The summed E-state index contributed by atoms with van der Waals surface area (Å²) in [5.74, 6) is 0.223. The van der Waals surface area contributed by atoms with Gasteiger partial charge in [-0.05, 0) is 29.8 Å². The lowest BCUT2D eigenvalue weighted by atomic mass is 10.1. The molecule has 0 aliphatic carbocycles. The van der Waals surface area contributed by atoms with Gasteiger partial charge in [0.05, 0.1) is 24.2 Å². The van der Waals surface area contributed by atoms with Crippen LogP contribution in [0.15, 0.2) is 77.1 Å². The lowest BCUT2D eigenvalue weighted by Crippen LogP contribution is -2.34. The molecule has 138 valence electrons. The molecule has 5 nitrogen and oxygen atoms in total. The number of benzene rings is 2. The number of nitrogens with one attached hydrogen (secondary N) is 1. The molecule has 1 aliphatic heterocycles. The number of ether oxygens (including phenoxy) is 1. The fourth-order valence-corrected chi connectivity index (χ4v) is 3.75. The van der Waals surface area contributed by atoms with Crippen LogP contribution in [0.25, 0.3) is 0 Å². The van der Waals surface area contributed by atoms with E-state index in [1.54, 1.807) is 18.1 Å². The Kier molecular flexibility index (Phi) is 5.98. The third-order valence-electron chi connectivity index (χ3n) is 3.99. The SMILES string of the molecule is C=CCNC(=O)C=C1Sc2ccccc2N(Cc2cccc(OC)c2)C1=O. The summed E-state index contributed by atoms with van der Waals surface area (Å²) in [6, 6.07) is 15.3. The Labute approximate surface area is 162 Å². The molecule has 3 rings (SSSR count). The molecule has 0 unspecified atom stereocenters. The lowest BCUT2D eigenvalue weighted by molar-refractivity contribution is -0.117. The first-order valence-corrected chi connectivity index (χ1v) is 9.26. The molecule has 2 aromatic rings. The van der Waals surface area contributed by atoms with Crippen LogP contribution in [0.3, 0.4) is 0 Å². The number of fused-ring (bicyclic) bond motifs is 1. The van der Waals surface area contributed by atoms with Crippen LogP contribution in [0, 0.1) is 0 Å². The zero-order valence-corrected chi connectivity index (χ0v) is 15.8. The Hall–Kier alpha value is -2.99. The van der Waals surface area contributed by atoms with E-state index in [9.17, 15) is 9.59 Å². The van der Waals surface area contributed by atoms with Gasteiger partial charge in [0, 0.05) is 17.5 Å². The van der Waals surface area contributed by atoms with Crippen molar-refractivity contribution in [3.05, 3.63) is 77.7 Å². The number of amides is 2. The lowest BCUT2D eigenvalue weighted by Gasteiger charge is -2.30. The first kappa shape index (κ1) is 18.8. The maximum Gasteiger partial charge on any atom is 0.265 e. The highest BCUT2D eigenvalue weighted by Crippen LogP contribution is 2.41. The molecule has 0 spiro atoms. The van der Waals surface area contributed by atoms with Gasteiger partial charge < -0.3 is 15.0 Å². The molecule has 2 aromatic carbocycles. The predicted octanol–water partition coefficient (Wildman–Crippen LogP) is 3.52. The summed E-state index contributed by atoms with van der Waals surface area (Å²) in [7, 11) is 1.61. The summed E-state index contributed by atoms with van der Waals surface area (Å²) in [6.45, 7) is 4.31. The maximum absolute atomic E-state index is 13.1. The van der Waals surface area contributed by atoms with Crippen molar-refractivity contribution in [1.29, 1.82) is 0 Å². The number of anilines is 1. The highest BCUT2D eigenvalue weighted by atomic mass is 32.2. The van der Waals surface area contributed by atoms with Gasteiger partial charge in [0.25, 0.3) is 5.91 Å². The number of carbonyl (C=O) groups excluding carboxylic acids is 2. The number of methoxy groups -OCH3 is 1. The Morgan fingerprint density at radius 1 is 1.26 bits per heavy atom. The van der Waals surface area contributed by atoms with Crippen LogP contribution in [0.4, 0.5) is 5.69 Å². The number of rotatable bonds is 6. The van der Waals surface area contributed by atoms with Gasteiger partial charge in [-0.3, -0.25) is 9.59 Å². The number of hydrogen-bond acceptors (Lipinski definition) is 4. The number of thioether (sulfide) groups is 1. The molecule has 0 saturated carbocycles. The molecule has 27 heavy (non-hydrogen) atoms. The molecule has 0 saturated heterocycles. The van der Waals surface area contributed by atoms with Crippen LogP contribution in [0.2, 0.25) is 0 Å². The van der Waals surface area contributed by atoms with Gasteiger partial charge >= 0.3 is 0 Å². The smallest absolute Gasteiger partial charge is 0.265 e. The zero-order chi connectivity index (χ0) is 19.2. The van der Waals surface area contributed by atoms with E-state index in [0.29, 0.717) is 18.0 Å². The molecule has 1 aliphatic rings. The molecule has 6 heteroatoms. The summed E-state index contributed by atoms with van der Waals surface area (Å²) in [5, 5.41) is 2.67. The van der Waals surface area contributed by atoms with Crippen LogP contribution >= 0.6 is 11.8 Å². The number of nitrogens with zero attached hydrogens (tertiary/aromatic N) is 1. The van der Waals surface area contributed by atoms with Crippen molar-refractivity contribution in [3.8, 4) is 5.75 Å². The second-order valence-corrected chi connectivity index (χ2v) is 6.94. The average molecular weight is 380 g/mol. The van der Waals surface area contributed by atoms with Gasteiger partial charge in [-0.1, -0.05) is 42.1 Å². The van der Waals surface area contributed by atoms with Gasteiger partial charge in [-0.2, -0.15) is 0 Å². The van der Waals surface area contributed by atoms with Crippen molar-refractivity contribution in [1.82, 2.24) is 5.32 Å². The minimum Gasteiger partial charge on any atom is -0.497 e. The first-order valence-electron chi connectivity index (χ1n) is 8.44. The standard InChI is InChI=1S/C21H20N2O3S/c1-3-11-22-20(24)13-19-21(25)23(17-9-4-5-10-18(17)27-19)14-15-7-6-8-16(12-15)26-2/h3-10,12-13H,1,11,14H2,2H3,(H,22,24). The predicted molar refractivity (Wildman–Crippen MR) is 108 cm³/mol. The fourth-order valence-electron chi connectivity index (χ4n) is 2.72. The number of hydrogen-bond donors (Lipinski definition) is 1. The van der Waals surface area contributed by atoms with Crippen LogP contribution in [-0.2, 0) is 16.1 Å². The molecule has 1 heterocycles. The normalized spacial score (nSPS) is 14.6. The molecule has 2 amide bonds. The third kappa shape index (κ3) is 4.41. The van der Waals surface area contributed by atoms with Crippen LogP contribution in [0.1, 0.15) is 5.56 Å². The Morgan fingerprint density at radius 2 is 2.07 bits per heavy atom. The van der Waals surface area contributed by atoms with Gasteiger partial charge in [0.15, 0.2) is 0 Å². The highest BCUT2D eigenvalue weighted by Gasteiger charge is 2.29. The van der Waals surface area contributed by atoms with E-state index < -0.39 is 0 Å². The van der Waals surface area contributed by atoms with E-state index in [2.05, 4.69) is 11.9 Å². The molecule has 0 aromatic heterocycles. The second-order valence-electron chi connectivity index (χ2n) is 5.86. The molecule has 0 fully saturated rings. The molecular formula is C21H20N2O3S. The molecule has 0 radical (unpaired) electrons. The first-order chi connectivity index (χ1) is 13.1. The molecule has 0 bridgehead atoms. The topological polar surface area (TPSA) is 58.6 Å². The molecular weight excluding hydrogens is 360 g/mol. The molecule has 1 N–H and O–H groups in total. The summed E-state index contributed by atoms with van der Waals surface area (Å²) in [5.41, 5.74) is 1.78. The largest absolute Gasteiger partial charge is 0.497 e. The maximum atomic E-state index is 13.1. The van der Waals surface area contributed by atoms with E-state index >= 15 is 0 Å². The van der Waals surface area contributed by atoms with E-state index in [1.165, 1.54) is 17.8 Å². The third-order valence-corrected chi connectivity index (χ3v) is 5.07. The number of para-hydroxylation sites is 1. The monoisotopic (exact) mass is 380 g/mol. The van der Waals surface area contributed by atoms with Crippen LogP contribution in [0.5, 0.6) is 5.75 Å². The van der Waals surface area contributed by atoms with Crippen molar-refractivity contribution >= 4 is 29.3 Å². The zero-order valence-electron chi connectivity index (χ0n) is 15.0. The highest BCUT2D eigenvalue weighted by molar-refractivity contribution is 8.04. The van der Waals surface area contributed by atoms with Crippen molar-refractivity contribution in [2.75, 3.05) is 18.6 Å².